The number of phenols is 2. The minimum absolute atomic E-state index is 0.0482. The van der Waals surface area contributed by atoms with Crippen molar-refractivity contribution in [3.63, 3.8) is 0 Å². The highest BCUT2D eigenvalue weighted by molar-refractivity contribution is 6.00. The fourth-order valence-corrected chi connectivity index (χ4v) is 4.47. The number of piperazine rings is 1. The number of amides is 1. The van der Waals surface area contributed by atoms with E-state index in [4.69, 9.17) is 11.1 Å². The Kier molecular flexibility index (Phi) is 5.81. The Labute approximate surface area is 205 Å². The molecular formula is C26H25FN6O3. The van der Waals surface area contributed by atoms with Crippen molar-refractivity contribution in [2.24, 2.45) is 5.73 Å². The number of hydrogen-bond acceptors (Lipinski definition) is 6. The third-order valence-corrected chi connectivity index (χ3v) is 6.31. The molecule has 4 aromatic rings. The van der Waals surface area contributed by atoms with Gasteiger partial charge in [-0.2, -0.15) is 0 Å². The summed E-state index contributed by atoms with van der Waals surface area (Å²) >= 11 is 0. The smallest absolute Gasteiger partial charge is 0.253 e. The first-order valence-electron chi connectivity index (χ1n) is 11.4. The van der Waals surface area contributed by atoms with E-state index in [1.54, 1.807) is 23.1 Å². The number of phenolic OH excluding ortho intramolecular Hbond substituents is 2. The number of nitrogens with one attached hydrogen (secondary N) is 3. The second-order valence-corrected chi connectivity index (χ2v) is 8.92. The van der Waals surface area contributed by atoms with Crippen LogP contribution in [0.5, 0.6) is 11.5 Å². The molecule has 1 atom stereocenters. The summed E-state index contributed by atoms with van der Waals surface area (Å²) in [6.07, 6.45) is 0. The van der Waals surface area contributed by atoms with Crippen LogP contribution in [0.4, 0.5) is 4.39 Å². The molecule has 0 aliphatic carbocycles. The van der Waals surface area contributed by atoms with Gasteiger partial charge < -0.3 is 31.1 Å². The molecule has 1 amide bonds. The van der Waals surface area contributed by atoms with Gasteiger partial charge in [0.15, 0.2) is 0 Å². The van der Waals surface area contributed by atoms with Crippen LogP contribution in [0.2, 0.25) is 0 Å². The van der Waals surface area contributed by atoms with Crippen molar-refractivity contribution in [1.82, 2.24) is 20.2 Å². The van der Waals surface area contributed by atoms with Gasteiger partial charge in [0.05, 0.1) is 16.6 Å². The fourth-order valence-electron chi connectivity index (χ4n) is 4.47. The maximum atomic E-state index is 14.1. The van der Waals surface area contributed by atoms with Crippen LogP contribution in [0, 0.1) is 11.2 Å². The van der Waals surface area contributed by atoms with E-state index in [-0.39, 0.29) is 57.4 Å². The highest BCUT2D eigenvalue weighted by Gasteiger charge is 2.26. The predicted octanol–water partition coefficient (Wildman–Crippen LogP) is 3.17. The molecule has 1 unspecified atom stereocenters. The van der Waals surface area contributed by atoms with Crippen molar-refractivity contribution in [2.75, 3.05) is 19.6 Å². The van der Waals surface area contributed by atoms with Gasteiger partial charge in [-0.15, -0.1) is 0 Å². The zero-order chi connectivity index (χ0) is 25.6. The van der Waals surface area contributed by atoms with Gasteiger partial charge in [0.25, 0.3) is 5.91 Å². The standard InChI is InChI=1S/C26H25FN6O3/c1-13-12-33(7-6-30-13)26(36)15-8-18(17-11-16(27)3-5-22(17)34)23(35)19(9-15)25-31-20-4-2-14(24(28)29)10-21(20)32-25/h2-5,8-11,13,30,34-35H,6-7,12H2,1H3,(H3,28,29)(H,31,32). The first kappa shape index (κ1) is 23.3. The Morgan fingerprint density at radius 3 is 2.64 bits per heavy atom. The number of nitrogens with zero attached hydrogens (tertiary/aromatic N) is 2. The average molecular weight is 489 g/mol. The number of amidine groups is 1. The van der Waals surface area contributed by atoms with Crippen molar-refractivity contribution >= 4 is 22.8 Å². The lowest BCUT2D eigenvalue weighted by molar-refractivity contribution is 0.0709. The number of aromatic nitrogens is 2. The predicted molar refractivity (Wildman–Crippen MR) is 135 cm³/mol. The molecule has 5 rings (SSSR count). The molecule has 10 heteroatoms. The van der Waals surface area contributed by atoms with Crippen LogP contribution >= 0.6 is 0 Å². The van der Waals surface area contributed by atoms with Gasteiger partial charge in [0.2, 0.25) is 0 Å². The zero-order valence-corrected chi connectivity index (χ0v) is 19.5. The van der Waals surface area contributed by atoms with Gasteiger partial charge >= 0.3 is 0 Å². The molecule has 0 spiro atoms. The van der Waals surface area contributed by atoms with E-state index in [1.165, 1.54) is 18.2 Å². The first-order valence-corrected chi connectivity index (χ1v) is 11.4. The van der Waals surface area contributed by atoms with Gasteiger partial charge in [-0.3, -0.25) is 10.2 Å². The second kappa shape index (κ2) is 8.97. The monoisotopic (exact) mass is 488 g/mol. The summed E-state index contributed by atoms with van der Waals surface area (Å²) in [6, 6.07) is 11.6. The fraction of sp³-hybridized carbons (Fsp3) is 0.192. The number of aromatic hydroxyl groups is 2. The normalized spacial score (nSPS) is 15.8. The number of carbonyl (C=O) groups excluding carboxylic acids is 1. The number of fused-ring (bicyclic) bond motifs is 1. The number of nitrogens with two attached hydrogens (primary N) is 1. The van der Waals surface area contributed by atoms with Crippen LogP contribution < -0.4 is 11.1 Å². The molecule has 1 aromatic heterocycles. The lowest BCUT2D eigenvalue weighted by atomic mass is 9.96. The summed E-state index contributed by atoms with van der Waals surface area (Å²) in [5, 5.41) is 32.7. The van der Waals surface area contributed by atoms with Gasteiger partial charge in [-0.1, -0.05) is 0 Å². The molecule has 1 saturated heterocycles. The Morgan fingerprint density at radius 2 is 1.89 bits per heavy atom. The van der Waals surface area contributed by atoms with Crippen LogP contribution in [0.1, 0.15) is 22.8 Å². The zero-order valence-electron chi connectivity index (χ0n) is 19.5. The van der Waals surface area contributed by atoms with Crippen molar-refractivity contribution in [2.45, 2.75) is 13.0 Å². The number of nitrogen functional groups attached to an aromatic ring is 1. The second-order valence-electron chi connectivity index (χ2n) is 8.92. The number of rotatable bonds is 4. The topological polar surface area (TPSA) is 151 Å². The molecule has 184 valence electrons. The Balaban J connectivity index is 1.69. The summed E-state index contributed by atoms with van der Waals surface area (Å²) in [5.41, 5.74) is 7.88. The third kappa shape index (κ3) is 4.22. The van der Waals surface area contributed by atoms with Gasteiger partial charge in [0.1, 0.15) is 29.0 Å². The van der Waals surface area contributed by atoms with Gasteiger partial charge in [-0.05, 0) is 55.5 Å². The highest BCUT2D eigenvalue weighted by atomic mass is 19.1. The van der Waals surface area contributed by atoms with E-state index in [1.807, 2.05) is 6.92 Å². The van der Waals surface area contributed by atoms with E-state index < -0.39 is 5.82 Å². The number of carbonyl (C=O) groups is 1. The highest BCUT2D eigenvalue weighted by Crippen LogP contribution is 2.42. The van der Waals surface area contributed by atoms with E-state index >= 15 is 0 Å². The quantitative estimate of drug-likeness (QED) is 0.192. The summed E-state index contributed by atoms with van der Waals surface area (Å²) in [7, 11) is 0. The summed E-state index contributed by atoms with van der Waals surface area (Å²) in [5.74, 6) is -1.20. The SMILES string of the molecule is CC1CN(C(=O)c2cc(-c3nc4ccc(C(=N)N)cc4[nH]3)c(O)c(-c3cc(F)ccc3O)c2)CCN1. The number of halogens is 1. The summed E-state index contributed by atoms with van der Waals surface area (Å²) in [6.45, 7) is 3.66. The Bertz CT molecular complexity index is 1520. The van der Waals surface area contributed by atoms with E-state index in [9.17, 15) is 19.4 Å². The van der Waals surface area contributed by atoms with Crippen molar-refractivity contribution in [3.8, 4) is 34.0 Å². The molecule has 1 fully saturated rings. The van der Waals surface area contributed by atoms with Crippen molar-refractivity contribution < 1.29 is 19.4 Å². The maximum Gasteiger partial charge on any atom is 0.253 e. The Hall–Kier alpha value is -4.44. The number of imidazole rings is 1. The summed E-state index contributed by atoms with van der Waals surface area (Å²) < 4.78 is 14.1. The van der Waals surface area contributed by atoms with E-state index in [0.717, 1.165) is 12.1 Å². The molecule has 3 aromatic carbocycles. The number of hydrogen-bond donors (Lipinski definition) is 6. The molecule has 7 N–H and O–H groups in total. The van der Waals surface area contributed by atoms with Crippen LogP contribution in [0.25, 0.3) is 33.5 Å². The molecule has 0 bridgehead atoms. The molecule has 0 saturated carbocycles. The molecular weight excluding hydrogens is 463 g/mol. The van der Waals surface area contributed by atoms with E-state index in [2.05, 4.69) is 15.3 Å². The minimum atomic E-state index is -0.600. The van der Waals surface area contributed by atoms with Crippen LogP contribution in [0.15, 0.2) is 48.5 Å². The first-order chi connectivity index (χ1) is 17.2. The molecule has 9 nitrogen and oxygen atoms in total. The number of H-pyrrole nitrogens is 1. The van der Waals surface area contributed by atoms with Gasteiger partial charge in [0, 0.05) is 47.9 Å². The largest absolute Gasteiger partial charge is 0.507 e. The van der Waals surface area contributed by atoms with Crippen molar-refractivity contribution in [1.29, 1.82) is 5.41 Å². The lowest BCUT2D eigenvalue weighted by Crippen LogP contribution is -2.51. The average Bonchev–Trinajstić information content (AvgIpc) is 3.28. The van der Waals surface area contributed by atoms with Crippen LogP contribution in [-0.4, -0.2) is 62.5 Å². The number of aromatic amines is 1. The maximum absolute atomic E-state index is 14.1. The number of benzene rings is 3. The Morgan fingerprint density at radius 1 is 1.11 bits per heavy atom. The lowest BCUT2D eigenvalue weighted by Gasteiger charge is -2.32. The summed E-state index contributed by atoms with van der Waals surface area (Å²) in [4.78, 5) is 22.8. The molecule has 1 aliphatic heterocycles. The molecule has 36 heavy (non-hydrogen) atoms. The molecule has 0 radical (unpaired) electrons. The van der Waals surface area contributed by atoms with Crippen molar-refractivity contribution in [3.05, 3.63) is 65.5 Å². The molecule has 1 aliphatic rings. The van der Waals surface area contributed by atoms with E-state index in [0.29, 0.717) is 36.2 Å². The van der Waals surface area contributed by atoms with Crippen LogP contribution in [-0.2, 0) is 0 Å². The molecule has 2 heterocycles. The van der Waals surface area contributed by atoms with Crippen LogP contribution in [0.3, 0.4) is 0 Å². The minimum Gasteiger partial charge on any atom is -0.507 e. The third-order valence-electron chi connectivity index (χ3n) is 6.31. The van der Waals surface area contributed by atoms with Gasteiger partial charge in [-0.25, -0.2) is 9.37 Å².